The normalized spacial score (nSPS) is 15.9. The average molecular weight is 206 g/mol. The summed E-state index contributed by atoms with van der Waals surface area (Å²) < 4.78 is 0. The van der Waals surface area contributed by atoms with Gasteiger partial charge in [0.25, 0.3) is 0 Å². The maximum atomic E-state index is 5.33. The number of rotatable bonds is 4. The molecule has 1 aromatic heterocycles. The van der Waals surface area contributed by atoms with Crippen LogP contribution >= 0.6 is 0 Å². The van der Waals surface area contributed by atoms with E-state index in [9.17, 15) is 0 Å². The van der Waals surface area contributed by atoms with E-state index in [1.807, 2.05) is 18.2 Å². The highest BCUT2D eigenvalue weighted by Gasteiger charge is 2.19. The van der Waals surface area contributed by atoms with Crippen LogP contribution in [0.25, 0.3) is 0 Å². The molecule has 1 saturated carbocycles. The first kappa shape index (κ1) is 10.2. The quantitative estimate of drug-likeness (QED) is 0.580. The fourth-order valence-corrected chi connectivity index (χ4v) is 1.87. The van der Waals surface area contributed by atoms with Crippen molar-refractivity contribution < 1.29 is 0 Å². The Balaban J connectivity index is 1.99. The van der Waals surface area contributed by atoms with E-state index in [0.717, 1.165) is 18.3 Å². The van der Waals surface area contributed by atoms with E-state index in [-0.39, 0.29) is 0 Å². The van der Waals surface area contributed by atoms with E-state index in [1.54, 1.807) is 0 Å². The number of aromatic nitrogens is 1. The third-order valence-corrected chi connectivity index (χ3v) is 3.03. The Kier molecular flexibility index (Phi) is 3.06. The smallest absolute Gasteiger partial charge is 0.142 e. The van der Waals surface area contributed by atoms with Crippen LogP contribution in [0.5, 0.6) is 0 Å². The molecule has 0 unspecified atom stereocenters. The molecule has 0 amide bonds. The molecular formula is C11H18N4. The van der Waals surface area contributed by atoms with Crippen LogP contribution in [0.1, 0.15) is 19.3 Å². The highest BCUT2D eigenvalue weighted by atomic mass is 15.3. The van der Waals surface area contributed by atoms with E-state index in [0.29, 0.717) is 5.82 Å². The van der Waals surface area contributed by atoms with Gasteiger partial charge in [-0.25, -0.2) is 10.8 Å². The number of hydrazine groups is 1. The number of nitrogens with one attached hydrogen (secondary N) is 1. The van der Waals surface area contributed by atoms with Crippen molar-refractivity contribution in [1.29, 1.82) is 0 Å². The zero-order chi connectivity index (χ0) is 10.7. The van der Waals surface area contributed by atoms with Gasteiger partial charge in [0.2, 0.25) is 0 Å². The second kappa shape index (κ2) is 4.49. The zero-order valence-electron chi connectivity index (χ0n) is 9.11. The second-order valence-electron chi connectivity index (χ2n) is 4.20. The summed E-state index contributed by atoms with van der Waals surface area (Å²) in [5, 5.41) is 0. The van der Waals surface area contributed by atoms with Crippen LogP contribution in [0.2, 0.25) is 0 Å². The van der Waals surface area contributed by atoms with Gasteiger partial charge in [-0.3, -0.25) is 0 Å². The van der Waals surface area contributed by atoms with Gasteiger partial charge in [-0.1, -0.05) is 12.5 Å². The van der Waals surface area contributed by atoms with Gasteiger partial charge in [0.05, 0.1) is 0 Å². The average Bonchev–Trinajstić information content (AvgIpc) is 2.23. The highest BCUT2D eigenvalue weighted by molar-refractivity contribution is 5.45. The Morgan fingerprint density at radius 3 is 2.93 bits per heavy atom. The van der Waals surface area contributed by atoms with Crippen molar-refractivity contribution in [2.24, 2.45) is 11.8 Å². The number of hydrogen-bond donors (Lipinski definition) is 2. The summed E-state index contributed by atoms with van der Waals surface area (Å²) in [6.07, 6.45) is 4.11. The van der Waals surface area contributed by atoms with E-state index in [4.69, 9.17) is 5.84 Å². The number of pyridine rings is 1. The number of anilines is 2. The molecule has 0 spiro atoms. The molecule has 4 nitrogen and oxygen atoms in total. The summed E-state index contributed by atoms with van der Waals surface area (Å²) in [4.78, 5) is 6.59. The fraction of sp³-hybridized carbons (Fsp3) is 0.545. The van der Waals surface area contributed by atoms with E-state index in [2.05, 4.69) is 22.4 Å². The minimum atomic E-state index is 0.716. The summed E-state index contributed by atoms with van der Waals surface area (Å²) in [6, 6.07) is 5.84. The second-order valence-corrected chi connectivity index (χ2v) is 4.20. The van der Waals surface area contributed by atoms with Gasteiger partial charge in [0.15, 0.2) is 0 Å². The lowest BCUT2D eigenvalue weighted by molar-refractivity contribution is 0.321. The van der Waals surface area contributed by atoms with Gasteiger partial charge in [0, 0.05) is 13.6 Å². The third-order valence-electron chi connectivity index (χ3n) is 3.03. The van der Waals surface area contributed by atoms with Gasteiger partial charge >= 0.3 is 0 Å². The zero-order valence-corrected chi connectivity index (χ0v) is 9.11. The molecule has 3 N–H and O–H groups in total. The number of nitrogen functional groups attached to an aromatic ring is 1. The van der Waals surface area contributed by atoms with Crippen molar-refractivity contribution in [2.75, 3.05) is 23.9 Å². The molecular weight excluding hydrogens is 188 g/mol. The van der Waals surface area contributed by atoms with Gasteiger partial charge in [-0.15, -0.1) is 0 Å². The predicted molar refractivity (Wildman–Crippen MR) is 62.7 cm³/mol. The Morgan fingerprint density at radius 2 is 2.33 bits per heavy atom. The molecule has 1 aliphatic carbocycles. The molecule has 0 aliphatic heterocycles. The maximum Gasteiger partial charge on any atom is 0.142 e. The Labute approximate surface area is 90.5 Å². The predicted octanol–water partition coefficient (Wildman–Crippen LogP) is 1.60. The summed E-state index contributed by atoms with van der Waals surface area (Å²) in [6.45, 7) is 1.10. The maximum absolute atomic E-state index is 5.33. The van der Waals surface area contributed by atoms with Gasteiger partial charge in [0.1, 0.15) is 11.6 Å². The molecule has 0 bridgehead atoms. The van der Waals surface area contributed by atoms with Crippen molar-refractivity contribution in [3.8, 4) is 0 Å². The van der Waals surface area contributed by atoms with Gasteiger partial charge < -0.3 is 10.3 Å². The van der Waals surface area contributed by atoms with E-state index < -0.39 is 0 Å². The van der Waals surface area contributed by atoms with Crippen molar-refractivity contribution in [3.05, 3.63) is 18.2 Å². The van der Waals surface area contributed by atoms with E-state index >= 15 is 0 Å². The van der Waals surface area contributed by atoms with Crippen molar-refractivity contribution >= 4 is 11.6 Å². The van der Waals surface area contributed by atoms with Gasteiger partial charge in [-0.2, -0.15) is 0 Å². The molecule has 4 heteroatoms. The lowest BCUT2D eigenvalue weighted by Gasteiger charge is -2.30. The Bertz CT molecular complexity index is 322. The largest absolute Gasteiger partial charge is 0.359 e. The lowest BCUT2D eigenvalue weighted by atomic mass is 9.85. The summed E-state index contributed by atoms with van der Waals surface area (Å²) in [7, 11) is 2.08. The van der Waals surface area contributed by atoms with Crippen LogP contribution in [-0.4, -0.2) is 18.6 Å². The van der Waals surface area contributed by atoms with Crippen molar-refractivity contribution in [3.63, 3.8) is 0 Å². The van der Waals surface area contributed by atoms with Crippen LogP contribution in [-0.2, 0) is 0 Å². The number of hydrogen-bond acceptors (Lipinski definition) is 4. The van der Waals surface area contributed by atoms with Crippen LogP contribution in [0.3, 0.4) is 0 Å². The molecule has 2 rings (SSSR count). The minimum absolute atomic E-state index is 0.716. The van der Waals surface area contributed by atoms with Crippen LogP contribution in [0, 0.1) is 5.92 Å². The molecule has 0 saturated heterocycles. The van der Waals surface area contributed by atoms with Gasteiger partial charge in [-0.05, 0) is 30.9 Å². The molecule has 1 aromatic rings. The Morgan fingerprint density at radius 1 is 1.53 bits per heavy atom. The first-order valence-electron chi connectivity index (χ1n) is 5.44. The summed E-state index contributed by atoms with van der Waals surface area (Å²) in [5.74, 6) is 7.88. The number of nitrogens with two attached hydrogens (primary N) is 1. The molecule has 0 radical (unpaired) electrons. The van der Waals surface area contributed by atoms with Crippen LogP contribution in [0.15, 0.2) is 18.2 Å². The number of nitrogens with zero attached hydrogens (tertiary/aromatic N) is 2. The molecule has 1 heterocycles. The van der Waals surface area contributed by atoms with Crippen LogP contribution < -0.4 is 16.2 Å². The summed E-state index contributed by atoms with van der Waals surface area (Å²) in [5.41, 5.74) is 2.57. The molecule has 1 aliphatic rings. The Hall–Kier alpha value is -1.29. The standard InChI is InChI=1S/C11H18N4/c1-15(8-9-4-2-5-9)11-7-3-6-10(13-11)14-12/h3,6-7,9H,2,4-5,8,12H2,1H3,(H,13,14). The molecule has 0 atom stereocenters. The fourth-order valence-electron chi connectivity index (χ4n) is 1.87. The first-order valence-corrected chi connectivity index (χ1v) is 5.44. The van der Waals surface area contributed by atoms with Crippen molar-refractivity contribution in [2.45, 2.75) is 19.3 Å². The van der Waals surface area contributed by atoms with E-state index in [1.165, 1.54) is 19.3 Å². The monoisotopic (exact) mass is 206 g/mol. The summed E-state index contributed by atoms with van der Waals surface area (Å²) >= 11 is 0. The third kappa shape index (κ3) is 2.39. The molecule has 15 heavy (non-hydrogen) atoms. The van der Waals surface area contributed by atoms with Crippen molar-refractivity contribution in [1.82, 2.24) is 4.98 Å². The molecule has 1 fully saturated rings. The topological polar surface area (TPSA) is 54.2 Å². The highest BCUT2D eigenvalue weighted by Crippen LogP contribution is 2.28. The minimum Gasteiger partial charge on any atom is -0.359 e. The lowest BCUT2D eigenvalue weighted by Crippen LogP contribution is -2.30. The molecule has 0 aromatic carbocycles. The SMILES string of the molecule is CN(CC1CCC1)c1cccc(NN)n1. The van der Waals surface area contributed by atoms with Crippen LogP contribution in [0.4, 0.5) is 11.6 Å². The first-order chi connectivity index (χ1) is 7.29. The molecule has 82 valence electrons.